The summed E-state index contributed by atoms with van der Waals surface area (Å²) in [5, 5.41) is 0. The van der Waals surface area contributed by atoms with Crippen LogP contribution in [0.1, 0.15) is 16.8 Å². The third-order valence-corrected chi connectivity index (χ3v) is 5.85. The van der Waals surface area contributed by atoms with Gasteiger partial charge < -0.3 is 9.64 Å². The molecule has 2 rings (SSSR count). The molecular formula is C14H17BrFNO4S. The molecule has 1 unspecified atom stereocenters. The van der Waals surface area contributed by atoms with Crippen LogP contribution in [0, 0.1) is 5.82 Å². The number of benzene rings is 1. The van der Waals surface area contributed by atoms with Crippen LogP contribution in [0.5, 0.6) is 0 Å². The van der Waals surface area contributed by atoms with E-state index in [1.165, 1.54) is 30.2 Å². The third kappa shape index (κ3) is 4.05. The minimum atomic E-state index is -3.14. The zero-order valence-electron chi connectivity index (χ0n) is 12.1. The van der Waals surface area contributed by atoms with Gasteiger partial charge >= 0.3 is 0 Å². The van der Waals surface area contributed by atoms with Gasteiger partial charge in [-0.3, -0.25) is 4.79 Å². The number of rotatable bonds is 5. The van der Waals surface area contributed by atoms with Crippen molar-refractivity contribution in [2.45, 2.75) is 12.5 Å². The van der Waals surface area contributed by atoms with Gasteiger partial charge in [0, 0.05) is 24.2 Å². The number of hydrogen-bond donors (Lipinski definition) is 0. The lowest BCUT2D eigenvalue weighted by Gasteiger charge is -2.28. The van der Waals surface area contributed by atoms with Crippen LogP contribution in [0.3, 0.4) is 0 Å². The van der Waals surface area contributed by atoms with Gasteiger partial charge in [0.05, 0.1) is 23.7 Å². The highest BCUT2D eigenvalue weighted by Gasteiger charge is 2.35. The lowest BCUT2D eigenvalue weighted by Crippen LogP contribution is -2.43. The first-order chi connectivity index (χ1) is 10.3. The molecule has 1 atom stereocenters. The van der Waals surface area contributed by atoms with E-state index in [4.69, 9.17) is 4.74 Å². The molecule has 1 fully saturated rings. The van der Waals surface area contributed by atoms with E-state index >= 15 is 0 Å². The molecule has 1 amide bonds. The Morgan fingerprint density at radius 1 is 1.50 bits per heavy atom. The summed E-state index contributed by atoms with van der Waals surface area (Å²) < 4.78 is 42.8. The van der Waals surface area contributed by atoms with Crippen LogP contribution in [0.25, 0.3) is 0 Å². The monoisotopic (exact) mass is 393 g/mol. The van der Waals surface area contributed by atoms with Crippen molar-refractivity contribution in [3.8, 4) is 0 Å². The van der Waals surface area contributed by atoms with Crippen LogP contribution in [-0.4, -0.2) is 57.0 Å². The van der Waals surface area contributed by atoms with Gasteiger partial charge in [0.25, 0.3) is 5.91 Å². The fourth-order valence-electron chi connectivity index (χ4n) is 2.48. The van der Waals surface area contributed by atoms with Crippen molar-refractivity contribution in [3.05, 3.63) is 34.1 Å². The van der Waals surface area contributed by atoms with E-state index in [9.17, 15) is 17.6 Å². The van der Waals surface area contributed by atoms with Crippen molar-refractivity contribution in [3.63, 3.8) is 0 Å². The van der Waals surface area contributed by atoms with E-state index in [1.54, 1.807) is 0 Å². The fourth-order valence-corrected chi connectivity index (χ4v) is 4.57. The van der Waals surface area contributed by atoms with Gasteiger partial charge in [0.2, 0.25) is 0 Å². The molecule has 0 saturated carbocycles. The molecule has 0 spiro atoms. The molecule has 1 aromatic rings. The van der Waals surface area contributed by atoms with Crippen molar-refractivity contribution in [2.24, 2.45) is 0 Å². The number of nitrogens with zero attached hydrogens (tertiary/aromatic N) is 1. The smallest absolute Gasteiger partial charge is 0.257 e. The van der Waals surface area contributed by atoms with Gasteiger partial charge in [0.15, 0.2) is 9.84 Å². The standard InChI is InChI=1S/C14H17BrFNO4S/c1-21-6-5-17(11-4-7-22(19,20)9-11)14(18)12-8-10(15)2-3-13(12)16/h2-3,8,11H,4-7,9H2,1H3. The summed E-state index contributed by atoms with van der Waals surface area (Å²) in [5.74, 6) is -1.18. The summed E-state index contributed by atoms with van der Waals surface area (Å²) in [7, 11) is -1.64. The van der Waals surface area contributed by atoms with Crippen molar-refractivity contribution in [2.75, 3.05) is 31.8 Å². The highest BCUT2D eigenvalue weighted by Crippen LogP contribution is 2.22. The highest BCUT2D eigenvalue weighted by molar-refractivity contribution is 9.10. The zero-order chi connectivity index (χ0) is 16.3. The third-order valence-electron chi connectivity index (χ3n) is 3.61. The molecule has 0 radical (unpaired) electrons. The van der Waals surface area contributed by atoms with E-state index < -0.39 is 27.6 Å². The van der Waals surface area contributed by atoms with Gasteiger partial charge in [-0.2, -0.15) is 0 Å². The fraction of sp³-hybridized carbons (Fsp3) is 0.500. The van der Waals surface area contributed by atoms with E-state index in [0.29, 0.717) is 10.9 Å². The maximum absolute atomic E-state index is 13.9. The number of hydrogen-bond acceptors (Lipinski definition) is 4. The Bertz CT molecular complexity index is 665. The predicted octanol–water partition coefficient (Wildman–Crippen LogP) is 1.86. The van der Waals surface area contributed by atoms with Gasteiger partial charge in [-0.05, 0) is 24.6 Å². The predicted molar refractivity (Wildman–Crippen MR) is 84.1 cm³/mol. The molecule has 0 aromatic heterocycles. The molecule has 0 aliphatic carbocycles. The number of sulfone groups is 1. The molecule has 122 valence electrons. The SMILES string of the molecule is COCCN(C(=O)c1cc(Br)ccc1F)C1CCS(=O)(=O)C1. The average molecular weight is 394 g/mol. The van der Waals surface area contributed by atoms with Crippen LogP contribution in [0.15, 0.2) is 22.7 Å². The molecule has 1 aliphatic heterocycles. The first kappa shape index (κ1) is 17.4. The van der Waals surface area contributed by atoms with Gasteiger partial charge in [0.1, 0.15) is 5.82 Å². The van der Waals surface area contributed by atoms with E-state index in [0.717, 1.165) is 0 Å². The maximum atomic E-state index is 13.9. The van der Waals surface area contributed by atoms with Crippen LogP contribution in [0.2, 0.25) is 0 Å². The molecule has 8 heteroatoms. The molecule has 22 heavy (non-hydrogen) atoms. The van der Waals surface area contributed by atoms with Gasteiger partial charge in [-0.1, -0.05) is 15.9 Å². The van der Waals surface area contributed by atoms with Crippen LogP contribution < -0.4 is 0 Å². The Hall–Kier alpha value is -0.990. The summed E-state index contributed by atoms with van der Waals surface area (Å²) in [4.78, 5) is 14.0. The second-order valence-corrected chi connectivity index (χ2v) is 8.32. The van der Waals surface area contributed by atoms with Crippen molar-refractivity contribution in [1.29, 1.82) is 0 Å². The normalized spacial score (nSPS) is 20.0. The second-order valence-electron chi connectivity index (χ2n) is 5.17. The van der Waals surface area contributed by atoms with Crippen LogP contribution in [-0.2, 0) is 14.6 Å². The van der Waals surface area contributed by atoms with E-state index in [1.807, 2.05) is 0 Å². The molecule has 5 nitrogen and oxygen atoms in total. The van der Waals surface area contributed by atoms with E-state index in [-0.39, 0.29) is 30.2 Å². The molecule has 1 aliphatic rings. The molecule has 1 saturated heterocycles. The van der Waals surface area contributed by atoms with Crippen LogP contribution >= 0.6 is 15.9 Å². The number of carbonyl (C=O) groups excluding carboxylic acids is 1. The molecular weight excluding hydrogens is 377 g/mol. The Morgan fingerprint density at radius 3 is 2.82 bits per heavy atom. The van der Waals surface area contributed by atoms with Crippen molar-refractivity contribution < 1.29 is 22.3 Å². The number of ether oxygens (including phenoxy) is 1. The van der Waals surface area contributed by atoms with Gasteiger partial charge in [-0.15, -0.1) is 0 Å². The lowest BCUT2D eigenvalue weighted by atomic mass is 10.1. The molecule has 1 heterocycles. The quantitative estimate of drug-likeness (QED) is 0.765. The maximum Gasteiger partial charge on any atom is 0.257 e. The van der Waals surface area contributed by atoms with Crippen LogP contribution in [0.4, 0.5) is 4.39 Å². The number of methoxy groups -OCH3 is 1. The Morgan fingerprint density at radius 2 is 2.23 bits per heavy atom. The topological polar surface area (TPSA) is 63.7 Å². The minimum absolute atomic E-state index is 0.0510. The summed E-state index contributed by atoms with van der Waals surface area (Å²) in [6.45, 7) is 0.485. The number of carbonyl (C=O) groups is 1. The summed E-state index contributed by atoms with van der Waals surface area (Å²) in [6.07, 6.45) is 0.368. The average Bonchev–Trinajstić information content (AvgIpc) is 2.82. The van der Waals surface area contributed by atoms with Crippen molar-refractivity contribution >= 4 is 31.7 Å². The van der Waals surface area contributed by atoms with Gasteiger partial charge in [-0.25, -0.2) is 12.8 Å². The van der Waals surface area contributed by atoms with Crippen molar-refractivity contribution in [1.82, 2.24) is 4.90 Å². The molecule has 0 N–H and O–H groups in total. The minimum Gasteiger partial charge on any atom is -0.383 e. The molecule has 1 aromatic carbocycles. The number of amides is 1. The summed E-state index contributed by atoms with van der Waals surface area (Å²) >= 11 is 3.21. The van der Waals surface area contributed by atoms with E-state index in [2.05, 4.69) is 15.9 Å². The molecule has 0 bridgehead atoms. The lowest BCUT2D eigenvalue weighted by molar-refractivity contribution is 0.0619. The summed E-state index contributed by atoms with van der Waals surface area (Å²) in [5.41, 5.74) is -0.0743. The highest BCUT2D eigenvalue weighted by atomic mass is 79.9. The number of halogens is 2. The first-order valence-corrected chi connectivity index (χ1v) is 9.41. The Labute approximate surface area is 137 Å². The first-order valence-electron chi connectivity index (χ1n) is 6.79. The summed E-state index contributed by atoms with van der Waals surface area (Å²) in [6, 6.07) is 3.68. The zero-order valence-corrected chi connectivity index (χ0v) is 14.5. The second kappa shape index (κ2) is 7.06. The Balaban J connectivity index is 2.28. The largest absolute Gasteiger partial charge is 0.383 e. The Kier molecular flexibility index (Phi) is 5.57.